The molecule has 2 heterocycles. The number of rotatable bonds is 1. The maximum atomic E-state index is 12.5. The molecule has 0 bridgehead atoms. The molecule has 2 aromatic rings. The summed E-state index contributed by atoms with van der Waals surface area (Å²) in [6.07, 6.45) is 0.305. The lowest BCUT2D eigenvalue weighted by atomic mass is 9.90. The van der Waals surface area contributed by atoms with Gasteiger partial charge in [-0.1, -0.05) is 0 Å². The number of ketones is 1. The number of fused-ring (bicyclic) bond motifs is 3. The summed E-state index contributed by atoms with van der Waals surface area (Å²) in [7, 11) is 1.54. The van der Waals surface area contributed by atoms with Crippen molar-refractivity contribution >= 4 is 22.7 Å². The second kappa shape index (κ2) is 4.35. The molecular weight excluding hydrogens is 270 g/mol. The Kier molecular flexibility index (Phi) is 2.83. The van der Waals surface area contributed by atoms with Gasteiger partial charge in [-0.05, 0) is 32.9 Å². The van der Waals surface area contributed by atoms with Crippen molar-refractivity contribution in [1.82, 2.24) is 5.32 Å². The van der Waals surface area contributed by atoms with E-state index in [9.17, 15) is 9.59 Å². The van der Waals surface area contributed by atoms with Gasteiger partial charge in [0.1, 0.15) is 16.9 Å². The molecule has 0 fully saturated rings. The van der Waals surface area contributed by atoms with Crippen LogP contribution in [0.2, 0.25) is 0 Å². The molecule has 0 spiro atoms. The van der Waals surface area contributed by atoms with E-state index in [0.29, 0.717) is 34.3 Å². The summed E-state index contributed by atoms with van der Waals surface area (Å²) in [5, 5.41) is 3.21. The minimum absolute atomic E-state index is 0.0132. The molecule has 1 aliphatic rings. The number of aryl methyl sites for hydroxylation is 1. The molecule has 1 N–H and O–H groups in total. The molecule has 0 aliphatic carbocycles. The van der Waals surface area contributed by atoms with Crippen molar-refractivity contribution in [3.05, 3.63) is 29.0 Å². The van der Waals surface area contributed by atoms with Crippen LogP contribution in [0.3, 0.4) is 0 Å². The van der Waals surface area contributed by atoms with Crippen LogP contribution < -0.4 is 10.1 Å². The Bertz CT molecular complexity index is 770. The summed E-state index contributed by atoms with van der Waals surface area (Å²) >= 11 is 0. The number of carbonyl (C=O) groups is 2. The molecular formula is C16H17NO4. The summed E-state index contributed by atoms with van der Waals surface area (Å²) in [5.41, 5.74) is 1.20. The van der Waals surface area contributed by atoms with Crippen LogP contribution in [-0.4, -0.2) is 24.3 Å². The number of benzene rings is 1. The molecule has 1 aromatic carbocycles. The second-order valence-electron chi connectivity index (χ2n) is 5.91. The number of amides is 1. The van der Waals surface area contributed by atoms with E-state index in [4.69, 9.17) is 9.15 Å². The lowest BCUT2D eigenvalue weighted by Gasteiger charge is -2.31. The minimum atomic E-state index is -0.515. The molecule has 0 saturated heterocycles. The third-order valence-electron chi connectivity index (χ3n) is 3.74. The molecule has 5 heteroatoms. The minimum Gasteiger partial charge on any atom is -0.487 e. The Morgan fingerprint density at radius 3 is 2.71 bits per heavy atom. The summed E-state index contributed by atoms with van der Waals surface area (Å²) in [4.78, 5) is 24.3. The highest BCUT2D eigenvalue weighted by molar-refractivity contribution is 6.13. The Morgan fingerprint density at radius 2 is 2.05 bits per heavy atom. The average Bonchev–Trinajstić information content (AvgIpc) is 2.74. The highest BCUT2D eigenvalue weighted by Crippen LogP contribution is 2.40. The number of carbonyl (C=O) groups excluding carboxylic acids is 2. The number of ether oxygens (including phenoxy) is 1. The van der Waals surface area contributed by atoms with Crippen LogP contribution in [0.5, 0.6) is 5.75 Å². The summed E-state index contributed by atoms with van der Waals surface area (Å²) in [5.74, 6) is 0.496. The lowest BCUT2D eigenvalue weighted by molar-refractivity contribution is 0.0623. The first-order valence-corrected chi connectivity index (χ1v) is 6.84. The van der Waals surface area contributed by atoms with Crippen LogP contribution in [0, 0.1) is 6.92 Å². The third kappa shape index (κ3) is 2.00. The van der Waals surface area contributed by atoms with Gasteiger partial charge >= 0.3 is 0 Å². The number of hydrogen-bond donors (Lipinski definition) is 1. The molecule has 5 nitrogen and oxygen atoms in total. The third-order valence-corrected chi connectivity index (χ3v) is 3.74. The molecule has 0 saturated carbocycles. The zero-order chi connectivity index (χ0) is 15.4. The van der Waals surface area contributed by atoms with E-state index in [2.05, 4.69) is 5.32 Å². The van der Waals surface area contributed by atoms with Crippen molar-refractivity contribution in [2.45, 2.75) is 32.8 Å². The smallest absolute Gasteiger partial charge is 0.287 e. The van der Waals surface area contributed by atoms with Crippen LogP contribution in [0.25, 0.3) is 11.0 Å². The molecule has 1 amide bonds. The predicted octanol–water partition coefficient (Wildman–Crippen LogP) is 2.84. The maximum absolute atomic E-state index is 12.5. The highest BCUT2D eigenvalue weighted by atomic mass is 16.5. The summed E-state index contributed by atoms with van der Waals surface area (Å²) < 4.78 is 11.5. The highest BCUT2D eigenvalue weighted by Gasteiger charge is 2.35. The SMILES string of the molecule is CNC(=O)c1oc2ccc3c(c2c1C)C(=O)CC(C)(C)O3. The fourth-order valence-corrected chi connectivity index (χ4v) is 2.82. The van der Waals surface area contributed by atoms with Gasteiger partial charge in [0.2, 0.25) is 0 Å². The first kappa shape index (κ1) is 13.7. The van der Waals surface area contributed by atoms with E-state index >= 15 is 0 Å². The van der Waals surface area contributed by atoms with Crippen LogP contribution in [0.1, 0.15) is 46.7 Å². The summed E-state index contributed by atoms with van der Waals surface area (Å²) in [6, 6.07) is 3.47. The zero-order valence-corrected chi connectivity index (χ0v) is 12.5. The van der Waals surface area contributed by atoms with Gasteiger partial charge in [-0.3, -0.25) is 9.59 Å². The molecule has 0 unspecified atom stereocenters. The lowest BCUT2D eigenvalue weighted by Crippen LogP contribution is -2.35. The maximum Gasteiger partial charge on any atom is 0.287 e. The largest absolute Gasteiger partial charge is 0.487 e. The monoisotopic (exact) mass is 287 g/mol. The fraction of sp³-hybridized carbons (Fsp3) is 0.375. The first-order chi connectivity index (χ1) is 9.84. The van der Waals surface area contributed by atoms with Crippen molar-refractivity contribution in [3.8, 4) is 5.75 Å². The Hall–Kier alpha value is -2.30. The number of furan rings is 1. The first-order valence-electron chi connectivity index (χ1n) is 6.84. The van der Waals surface area contributed by atoms with Gasteiger partial charge in [-0.15, -0.1) is 0 Å². The van der Waals surface area contributed by atoms with Gasteiger partial charge in [-0.2, -0.15) is 0 Å². The van der Waals surface area contributed by atoms with Crippen LogP contribution in [-0.2, 0) is 0 Å². The molecule has 3 rings (SSSR count). The van der Waals surface area contributed by atoms with Crippen LogP contribution >= 0.6 is 0 Å². The Morgan fingerprint density at radius 1 is 1.33 bits per heavy atom. The standard InChI is InChI=1S/C16H17NO4/c1-8-12-10(20-14(8)15(19)17-4)5-6-11-13(12)9(18)7-16(2,3)21-11/h5-6H,7H2,1-4H3,(H,17,19). The van der Waals surface area contributed by atoms with Gasteiger partial charge in [0.05, 0.1) is 12.0 Å². The van der Waals surface area contributed by atoms with Gasteiger partial charge in [-0.25, -0.2) is 0 Å². The van der Waals surface area contributed by atoms with Crippen LogP contribution in [0.15, 0.2) is 16.5 Å². The van der Waals surface area contributed by atoms with Crippen molar-refractivity contribution < 1.29 is 18.7 Å². The fourth-order valence-electron chi connectivity index (χ4n) is 2.82. The second-order valence-corrected chi connectivity index (χ2v) is 5.91. The van der Waals surface area contributed by atoms with E-state index < -0.39 is 5.60 Å². The van der Waals surface area contributed by atoms with E-state index in [1.165, 1.54) is 0 Å². The number of nitrogens with one attached hydrogen (secondary N) is 1. The number of hydrogen-bond acceptors (Lipinski definition) is 4. The van der Waals surface area contributed by atoms with Gasteiger partial charge < -0.3 is 14.5 Å². The topological polar surface area (TPSA) is 68.5 Å². The van der Waals surface area contributed by atoms with Gasteiger partial charge in [0, 0.05) is 18.0 Å². The van der Waals surface area contributed by atoms with Crippen molar-refractivity contribution in [2.75, 3.05) is 7.05 Å². The summed E-state index contributed by atoms with van der Waals surface area (Å²) in [6.45, 7) is 5.55. The van der Waals surface area contributed by atoms with Crippen molar-refractivity contribution in [2.24, 2.45) is 0 Å². The number of Topliss-reactive ketones (excluding diaryl/α,β-unsaturated/α-hetero) is 1. The Balaban J connectivity index is 2.29. The molecule has 1 aliphatic heterocycles. The van der Waals surface area contributed by atoms with E-state index in [1.54, 1.807) is 26.1 Å². The van der Waals surface area contributed by atoms with Crippen molar-refractivity contribution in [3.63, 3.8) is 0 Å². The molecule has 21 heavy (non-hydrogen) atoms. The Labute approximate surface area is 122 Å². The normalized spacial score (nSPS) is 16.5. The zero-order valence-electron chi connectivity index (χ0n) is 12.5. The average molecular weight is 287 g/mol. The molecule has 0 atom stereocenters. The van der Waals surface area contributed by atoms with Crippen LogP contribution in [0.4, 0.5) is 0 Å². The van der Waals surface area contributed by atoms with Gasteiger partial charge in [0.25, 0.3) is 5.91 Å². The molecule has 0 radical (unpaired) electrons. The van der Waals surface area contributed by atoms with Crippen molar-refractivity contribution in [1.29, 1.82) is 0 Å². The van der Waals surface area contributed by atoms with E-state index in [-0.39, 0.29) is 17.5 Å². The molecule has 110 valence electrons. The quantitative estimate of drug-likeness (QED) is 0.875. The van der Waals surface area contributed by atoms with E-state index in [0.717, 1.165) is 0 Å². The predicted molar refractivity (Wildman–Crippen MR) is 78.0 cm³/mol. The van der Waals surface area contributed by atoms with E-state index in [1.807, 2.05) is 13.8 Å². The molecule has 1 aromatic heterocycles. The van der Waals surface area contributed by atoms with Gasteiger partial charge in [0.15, 0.2) is 11.5 Å².